The van der Waals surface area contributed by atoms with Crippen molar-refractivity contribution in [2.45, 2.75) is 31.8 Å². The highest BCUT2D eigenvalue weighted by Crippen LogP contribution is 2.25. The number of aliphatic hydroxyl groups is 1. The Kier molecular flexibility index (Phi) is 5.24. The fourth-order valence-electron chi connectivity index (χ4n) is 2.57. The van der Waals surface area contributed by atoms with E-state index < -0.39 is 15.6 Å². The molecule has 0 radical (unpaired) electrons. The zero-order valence-electron chi connectivity index (χ0n) is 12.5. The number of hydrogen-bond acceptors (Lipinski definition) is 4. The summed E-state index contributed by atoms with van der Waals surface area (Å²) < 4.78 is 25.5. The van der Waals surface area contributed by atoms with Crippen molar-refractivity contribution in [3.8, 4) is 0 Å². The first-order chi connectivity index (χ1) is 9.95. The highest BCUT2D eigenvalue weighted by molar-refractivity contribution is 7.89. The van der Waals surface area contributed by atoms with Crippen LogP contribution >= 0.6 is 0 Å². The summed E-state index contributed by atoms with van der Waals surface area (Å²) in [5.74, 6) is 0.188. The molecule has 0 spiro atoms. The molecule has 0 unspecified atom stereocenters. The first kappa shape index (κ1) is 16.3. The van der Waals surface area contributed by atoms with Crippen LogP contribution in [0.25, 0.3) is 0 Å². The largest absolute Gasteiger partial charge is 0.388 e. The molecule has 6 heteroatoms. The quantitative estimate of drug-likeness (QED) is 0.838. The maximum atomic E-state index is 12.0. The van der Waals surface area contributed by atoms with Crippen molar-refractivity contribution in [2.75, 3.05) is 30.7 Å². The third-order valence-electron chi connectivity index (χ3n) is 3.90. The van der Waals surface area contributed by atoms with Gasteiger partial charge in [0.05, 0.1) is 11.4 Å². The molecule has 0 atom stereocenters. The molecule has 0 bridgehead atoms. The average molecular weight is 312 g/mol. The molecule has 0 amide bonds. The zero-order chi connectivity index (χ0) is 15.3. The van der Waals surface area contributed by atoms with E-state index in [2.05, 4.69) is 5.32 Å². The Labute approximate surface area is 127 Å². The Morgan fingerprint density at radius 2 is 1.86 bits per heavy atom. The predicted octanol–water partition coefficient (Wildman–Crippen LogP) is 1.67. The fourth-order valence-corrected chi connectivity index (χ4v) is 4.08. The van der Waals surface area contributed by atoms with E-state index in [0.29, 0.717) is 38.9 Å². The predicted molar refractivity (Wildman–Crippen MR) is 84.8 cm³/mol. The maximum absolute atomic E-state index is 12.0. The number of rotatable bonds is 6. The average Bonchev–Trinajstić information content (AvgIpc) is 2.47. The number of hydrogen-bond donors (Lipinski definition) is 2. The van der Waals surface area contributed by atoms with Crippen LogP contribution in [0.5, 0.6) is 0 Å². The van der Waals surface area contributed by atoms with Gasteiger partial charge in [0.15, 0.2) is 0 Å². The minimum atomic E-state index is -3.15. The Bertz CT molecular complexity index is 537. The van der Waals surface area contributed by atoms with Crippen LogP contribution in [0.4, 0.5) is 5.69 Å². The minimum absolute atomic E-state index is 0.188. The molecule has 1 aromatic rings. The summed E-state index contributed by atoms with van der Waals surface area (Å²) in [4.78, 5) is 0. The van der Waals surface area contributed by atoms with Crippen LogP contribution in [0, 0.1) is 0 Å². The summed E-state index contributed by atoms with van der Waals surface area (Å²) in [6.45, 7) is 3.10. The Balaban J connectivity index is 1.87. The molecule has 21 heavy (non-hydrogen) atoms. The molecule has 118 valence electrons. The van der Waals surface area contributed by atoms with Crippen molar-refractivity contribution in [2.24, 2.45) is 0 Å². The third-order valence-corrected chi connectivity index (χ3v) is 5.98. The van der Waals surface area contributed by atoms with E-state index in [0.717, 1.165) is 5.69 Å². The van der Waals surface area contributed by atoms with Gasteiger partial charge < -0.3 is 10.4 Å². The highest BCUT2D eigenvalue weighted by atomic mass is 32.2. The maximum Gasteiger partial charge on any atom is 0.214 e. The second kappa shape index (κ2) is 6.77. The van der Waals surface area contributed by atoms with E-state index in [1.807, 2.05) is 37.3 Å². The molecule has 5 nitrogen and oxygen atoms in total. The standard InChI is InChI=1S/C15H24N2O3S/c1-2-12-21(19,20)17-10-8-15(18,9-11-17)13-16-14-6-4-3-5-7-14/h3-7,16,18H,2,8-13H2,1H3. The van der Waals surface area contributed by atoms with E-state index in [9.17, 15) is 13.5 Å². The molecule has 1 heterocycles. The van der Waals surface area contributed by atoms with E-state index in [4.69, 9.17) is 0 Å². The molecule has 1 saturated heterocycles. The summed E-state index contributed by atoms with van der Waals surface area (Å²) in [5, 5.41) is 13.8. The van der Waals surface area contributed by atoms with Gasteiger partial charge in [0, 0.05) is 25.3 Å². The lowest BCUT2D eigenvalue weighted by molar-refractivity contribution is 0.00717. The second-order valence-corrected chi connectivity index (χ2v) is 7.75. The van der Waals surface area contributed by atoms with Crippen molar-refractivity contribution < 1.29 is 13.5 Å². The zero-order valence-corrected chi connectivity index (χ0v) is 13.3. The Morgan fingerprint density at radius 3 is 2.43 bits per heavy atom. The van der Waals surface area contributed by atoms with Crippen LogP contribution in [-0.2, 0) is 10.0 Å². The molecule has 0 saturated carbocycles. The monoisotopic (exact) mass is 312 g/mol. The van der Waals surface area contributed by atoms with Crippen molar-refractivity contribution in [3.05, 3.63) is 30.3 Å². The van der Waals surface area contributed by atoms with Gasteiger partial charge in [-0.25, -0.2) is 12.7 Å². The van der Waals surface area contributed by atoms with Crippen molar-refractivity contribution in [1.82, 2.24) is 4.31 Å². The van der Waals surface area contributed by atoms with Crippen molar-refractivity contribution >= 4 is 15.7 Å². The molecule has 2 rings (SSSR count). The highest BCUT2D eigenvalue weighted by Gasteiger charge is 2.35. The van der Waals surface area contributed by atoms with E-state index in [1.165, 1.54) is 4.31 Å². The molecule has 1 aliphatic rings. The summed E-state index contributed by atoms with van der Waals surface area (Å²) in [7, 11) is -3.15. The Morgan fingerprint density at radius 1 is 1.24 bits per heavy atom. The summed E-state index contributed by atoms with van der Waals surface area (Å²) in [5.41, 5.74) is 0.126. The number of sulfonamides is 1. The molecule has 2 N–H and O–H groups in total. The van der Waals surface area contributed by atoms with Gasteiger partial charge in [-0.05, 0) is 31.4 Å². The van der Waals surface area contributed by atoms with Crippen LogP contribution in [0.1, 0.15) is 26.2 Å². The van der Waals surface area contributed by atoms with Crippen molar-refractivity contribution in [1.29, 1.82) is 0 Å². The molecule has 1 aliphatic heterocycles. The molecular weight excluding hydrogens is 288 g/mol. The Hall–Kier alpha value is -1.11. The first-order valence-electron chi connectivity index (χ1n) is 7.44. The lowest BCUT2D eigenvalue weighted by atomic mass is 9.92. The lowest BCUT2D eigenvalue weighted by Gasteiger charge is -2.37. The fraction of sp³-hybridized carbons (Fsp3) is 0.600. The number of nitrogens with one attached hydrogen (secondary N) is 1. The van der Waals surface area contributed by atoms with Gasteiger partial charge >= 0.3 is 0 Å². The van der Waals surface area contributed by atoms with Crippen LogP contribution < -0.4 is 5.32 Å². The lowest BCUT2D eigenvalue weighted by Crippen LogP contribution is -2.50. The van der Waals surface area contributed by atoms with E-state index in [-0.39, 0.29) is 5.75 Å². The molecule has 1 aromatic carbocycles. The smallest absolute Gasteiger partial charge is 0.214 e. The minimum Gasteiger partial charge on any atom is -0.388 e. The van der Waals surface area contributed by atoms with Crippen LogP contribution in [0.3, 0.4) is 0 Å². The summed E-state index contributed by atoms with van der Waals surface area (Å²) >= 11 is 0. The number of anilines is 1. The van der Waals surface area contributed by atoms with Gasteiger partial charge in [-0.2, -0.15) is 0 Å². The van der Waals surface area contributed by atoms with Crippen molar-refractivity contribution in [3.63, 3.8) is 0 Å². The first-order valence-corrected chi connectivity index (χ1v) is 9.05. The third kappa shape index (κ3) is 4.43. The van der Waals surface area contributed by atoms with E-state index in [1.54, 1.807) is 0 Å². The van der Waals surface area contributed by atoms with Crippen LogP contribution in [0.15, 0.2) is 30.3 Å². The SMILES string of the molecule is CCCS(=O)(=O)N1CCC(O)(CNc2ccccc2)CC1. The summed E-state index contributed by atoms with van der Waals surface area (Å²) in [6, 6.07) is 9.71. The molecule has 0 aromatic heterocycles. The van der Waals surface area contributed by atoms with E-state index >= 15 is 0 Å². The molecular formula is C15H24N2O3S. The number of benzene rings is 1. The van der Waals surface area contributed by atoms with Crippen LogP contribution in [0.2, 0.25) is 0 Å². The normalized spacial score (nSPS) is 19.3. The van der Waals surface area contributed by atoms with Gasteiger partial charge in [-0.3, -0.25) is 0 Å². The topological polar surface area (TPSA) is 69.6 Å². The van der Waals surface area contributed by atoms with Gasteiger partial charge in [0.1, 0.15) is 0 Å². The van der Waals surface area contributed by atoms with Gasteiger partial charge in [0.25, 0.3) is 0 Å². The number of para-hydroxylation sites is 1. The van der Waals surface area contributed by atoms with Gasteiger partial charge in [0.2, 0.25) is 10.0 Å². The van der Waals surface area contributed by atoms with Gasteiger partial charge in [-0.1, -0.05) is 25.1 Å². The number of nitrogens with zero attached hydrogens (tertiary/aromatic N) is 1. The molecule has 0 aliphatic carbocycles. The summed E-state index contributed by atoms with van der Waals surface area (Å²) in [6.07, 6.45) is 1.56. The van der Waals surface area contributed by atoms with Gasteiger partial charge in [-0.15, -0.1) is 0 Å². The number of piperidine rings is 1. The second-order valence-electron chi connectivity index (χ2n) is 5.66. The molecule has 1 fully saturated rings. The van der Waals surface area contributed by atoms with Crippen LogP contribution in [-0.4, -0.2) is 48.8 Å².